The van der Waals surface area contributed by atoms with E-state index in [4.69, 9.17) is 0 Å². The Morgan fingerprint density at radius 3 is 2.74 bits per heavy atom. The lowest BCUT2D eigenvalue weighted by molar-refractivity contribution is 0.0784. The fourth-order valence-electron chi connectivity index (χ4n) is 3.52. The fourth-order valence-corrected chi connectivity index (χ4v) is 3.52. The Hall–Kier alpha value is -1.65. The van der Waals surface area contributed by atoms with Crippen molar-refractivity contribution < 1.29 is 0 Å². The zero-order chi connectivity index (χ0) is 16.1. The number of likely N-dealkylation sites (tertiary alicyclic amines) is 1. The molecule has 2 aromatic rings. The molecule has 0 saturated carbocycles. The van der Waals surface area contributed by atoms with E-state index in [1.54, 1.807) is 0 Å². The van der Waals surface area contributed by atoms with Crippen LogP contribution in [0.2, 0.25) is 0 Å². The number of hydrogen-bond acceptors (Lipinski definition) is 3. The molecule has 1 fully saturated rings. The number of nitrogens with zero attached hydrogens (tertiary/aromatic N) is 4. The lowest BCUT2D eigenvalue weighted by Gasteiger charge is -2.41. The zero-order valence-electron chi connectivity index (χ0n) is 14.3. The molecule has 0 N–H and O–H groups in total. The summed E-state index contributed by atoms with van der Waals surface area (Å²) in [6, 6.07) is 14.1. The van der Waals surface area contributed by atoms with Gasteiger partial charge in [-0.05, 0) is 38.4 Å². The van der Waals surface area contributed by atoms with E-state index in [0.29, 0.717) is 12.1 Å². The second-order valence-electron chi connectivity index (χ2n) is 6.73. The van der Waals surface area contributed by atoms with Gasteiger partial charge in [-0.1, -0.05) is 30.3 Å². The van der Waals surface area contributed by atoms with Gasteiger partial charge in [0, 0.05) is 44.1 Å². The van der Waals surface area contributed by atoms with Gasteiger partial charge in [-0.2, -0.15) is 5.10 Å². The van der Waals surface area contributed by atoms with Gasteiger partial charge in [0.2, 0.25) is 0 Å². The number of benzene rings is 1. The molecule has 1 aliphatic heterocycles. The van der Waals surface area contributed by atoms with Gasteiger partial charge in [0.25, 0.3) is 0 Å². The molecule has 2 atom stereocenters. The monoisotopic (exact) mass is 312 g/mol. The lowest BCUT2D eigenvalue weighted by atomic mass is 9.96. The van der Waals surface area contributed by atoms with Crippen molar-refractivity contribution in [1.29, 1.82) is 0 Å². The van der Waals surface area contributed by atoms with Crippen molar-refractivity contribution in [3.8, 4) is 0 Å². The van der Waals surface area contributed by atoms with Crippen molar-refractivity contribution in [2.75, 3.05) is 20.1 Å². The molecular weight excluding hydrogens is 284 g/mol. The van der Waals surface area contributed by atoms with Gasteiger partial charge in [0.05, 0.1) is 6.54 Å². The van der Waals surface area contributed by atoms with Crippen molar-refractivity contribution in [2.45, 2.75) is 44.9 Å². The smallest absolute Gasteiger partial charge is 0.0536 e. The number of likely N-dealkylation sites (N-methyl/N-ethyl adjacent to an activating group) is 1. The molecule has 3 rings (SSSR count). The minimum absolute atomic E-state index is 0.640. The van der Waals surface area contributed by atoms with Gasteiger partial charge in [-0.15, -0.1) is 0 Å². The third-order valence-electron chi connectivity index (χ3n) is 5.08. The average molecular weight is 312 g/mol. The van der Waals surface area contributed by atoms with Crippen molar-refractivity contribution in [3.05, 3.63) is 54.4 Å². The zero-order valence-corrected chi connectivity index (χ0v) is 14.3. The third kappa shape index (κ3) is 4.43. The van der Waals surface area contributed by atoms with Crippen LogP contribution < -0.4 is 0 Å². The maximum atomic E-state index is 4.29. The molecule has 0 aliphatic carbocycles. The first-order valence-electron chi connectivity index (χ1n) is 8.68. The molecule has 1 aromatic carbocycles. The number of aromatic nitrogens is 2. The highest BCUT2D eigenvalue weighted by Gasteiger charge is 2.27. The fraction of sp³-hybridized carbons (Fsp3) is 0.526. The second kappa shape index (κ2) is 7.75. The van der Waals surface area contributed by atoms with E-state index in [-0.39, 0.29) is 0 Å². The molecule has 0 amide bonds. The largest absolute Gasteiger partial charge is 0.301 e. The Bertz CT molecular complexity index is 566. The molecule has 4 heteroatoms. The van der Waals surface area contributed by atoms with Crippen LogP contribution >= 0.6 is 0 Å². The van der Waals surface area contributed by atoms with Crippen molar-refractivity contribution in [3.63, 3.8) is 0 Å². The Morgan fingerprint density at radius 1 is 1.22 bits per heavy atom. The summed E-state index contributed by atoms with van der Waals surface area (Å²) in [6.45, 7) is 6.68. The predicted molar refractivity (Wildman–Crippen MR) is 94.2 cm³/mol. The number of rotatable bonds is 6. The van der Waals surface area contributed by atoms with Crippen LogP contribution in [-0.4, -0.2) is 51.8 Å². The van der Waals surface area contributed by atoms with Crippen molar-refractivity contribution >= 4 is 0 Å². The molecule has 1 saturated heterocycles. The highest BCUT2D eigenvalue weighted by Crippen LogP contribution is 2.22. The second-order valence-corrected chi connectivity index (χ2v) is 6.73. The van der Waals surface area contributed by atoms with Crippen molar-refractivity contribution in [2.24, 2.45) is 0 Å². The molecule has 4 nitrogen and oxygen atoms in total. The molecule has 1 aromatic heterocycles. The van der Waals surface area contributed by atoms with Gasteiger partial charge < -0.3 is 4.90 Å². The van der Waals surface area contributed by atoms with Crippen LogP contribution in [0.4, 0.5) is 0 Å². The van der Waals surface area contributed by atoms with Crippen LogP contribution in [0.1, 0.15) is 25.3 Å². The summed E-state index contributed by atoms with van der Waals surface area (Å²) in [5, 5.41) is 4.29. The van der Waals surface area contributed by atoms with E-state index in [0.717, 1.165) is 19.6 Å². The van der Waals surface area contributed by atoms with Gasteiger partial charge in [-0.25, -0.2) is 0 Å². The van der Waals surface area contributed by atoms with Crippen LogP contribution in [0.5, 0.6) is 0 Å². The van der Waals surface area contributed by atoms with Crippen LogP contribution in [0.15, 0.2) is 48.8 Å². The summed E-state index contributed by atoms with van der Waals surface area (Å²) in [4.78, 5) is 5.13. The normalized spacial score (nSPS) is 22.6. The summed E-state index contributed by atoms with van der Waals surface area (Å²) in [6.07, 6.45) is 6.40. The summed E-state index contributed by atoms with van der Waals surface area (Å²) in [5.41, 5.74) is 1.42. The maximum absolute atomic E-state index is 4.29. The SMILES string of the molecule is C[C@@H]1C[C@@H](N(C)CCn2cccn2)CCN1Cc1ccccc1. The summed E-state index contributed by atoms with van der Waals surface area (Å²) in [7, 11) is 2.26. The van der Waals surface area contributed by atoms with Crippen LogP contribution in [0.25, 0.3) is 0 Å². The van der Waals surface area contributed by atoms with Crippen LogP contribution in [-0.2, 0) is 13.1 Å². The van der Waals surface area contributed by atoms with E-state index in [9.17, 15) is 0 Å². The molecule has 2 heterocycles. The van der Waals surface area contributed by atoms with Crippen LogP contribution in [0.3, 0.4) is 0 Å². The van der Waals surface area contributed by atoms with Gasteiger partial charge >= 0.3 is 0 Å². The highest BCUT2D eigenvalue weighted by atomic mass is 15.3. The Balaban J connectivity index is 1.47. The topological polar surface area (TPSA) is 24.3 Å². The Kier molecular flexibility index (Phi) is 5.47. The first-order valence-corrected chi connectivity index (χ1v) is 8.68. The molecule has 1 aliphatic rings. The minimum Gasteiger partial charge on any atom is -0.301 e. The van der Waals surface area contributed by atoms with Gasteiger partial charge in [-0.3, -0.25) is 9.58 Å². The van der Waals surface area contributed by atoms with Crippen molar-refractivity contribution in [1.82, 2.24) is 19.6 Å². The molecular formula is C19H28N4. The first kappa shape index (κ1) is 16.2. The quantitative estimate of drug-likeness (QED) is 0.820. The predicted octanol–water partition coefficient (Wildman–Crippen LogP) is 2.87. The Labute approximate surface area is 139 Å². The van der Waals surface area contributed by atoms with E-state index in [1.807, 2.05) is 23.1 Å². The Morgan fingerprint density at radius 2 is 2.04 bits per heavy atom. The van der Waals surface area contributed by atoms with E-state index in [1.165, 1.54) is 24.9 Å². The van der Waals surface area contributed by atoms with E-state index < -0.39 is 0 Å². The standard InChI is InChI=1S/C19H28N4/c1-17-15-19(21(2)13-14-23-11-6-10-20-23)9-12-22(17)16-18-7-4-3-5-8-18/h3-8,10-11,17,19H,9,12-16H2,1-2H3/t17-,19+/m1/s1. The van der Waals surface area contributed by atoms with Gasteiger partial charge in [0.15, 0.2) is 0 Å². The molecule has 0 bridgehead atoms. The molecule has 23 heavy (non-hydrogen) atoms. The molecule has 0 spiro atoms. The first-order chi connectivity index (χ1) is 11.2. The summed E-state index contributed by atoms with van der Waals surface area (Å²) in [5.74, 6) is 0. The number of hydrogen-bond donors (Lipinski definition) is 0. The molecule has 0 unspecified atom stereocenters. The summed E-state index contributed by atoms with van der Waals surface area (Å²) < 4.78 is 2.02. The van der Waals surface area contributed by atoms with E-state index in [2.05, 4.69) is 59.2 Å². The van der Waals surface area contributed by atoms with Gasteiger partial charge in [0.1, 0.15) is 0 Å². The molecule has 124 valence electrons. The summed E-state index contributed by atoms with van der Waals surface area (Å²) >= 11 is 0. The average Bonchev–Trinajstić information content (AvgIpc) is 3.09. The van der Waals surface area contributed by atoms with E-state index >= 15 is 0 Å². The third-order valence-corrected chi connectivity index (χ3v) is 5.08. The van der Waals surface area contributed by atoms with Crippen LogP contribution in [0, 0.1) is 0 Å². The minimum atomic E-state index is 0.640. The highest BCUT2D eigenvalue weighted by molar-refractivity contribution is 5.14. The number of piperidine rings is 1. The molecule has 0 radical (unpaired) electrons. The maximum Gasteiger partial charge on any atom is 0.0536 e. The lowest BCUT2D eigenvalue weighted by Crippen LogP contribution is -2.48.